The van der Waals surface area contributed by atoms with Gasteiger partial charge in [-0.05, 0) is 19.1 Å². The van der Waals surface area contributed by atoms with E-state index in [9.17, 15) is 30.4 Å². The Labute approximate surface area is 139 Å². The number of rotatable bonds is 5. The van der Waals surface area contributed by atoms with Crippen LogP contribution in [-0.4, -0.2) is 31.3 Å². The van der Waals surface area contributed by atoms with E-state index in [1.165, 1.54) is 35.6 Å². The summed E-state index contributed by atoms with van der Waals surface area (Å²) in [6.45, 7) is 1.80. The van der Waals surface area contributed by atoms with Crippen molar-refractivity contribution < 1.29 is 30.4 Å². The summed E-state index contributed by atoms with van der Waals surface area (Å²) in [7, 11) is -4.25. The lowest BCUT2D eigenvalue weighted by Gasteiger charge is -2.19. The fraction of sp³-hybridized carbons (Fsp3) is 0.357. The zero-order chi connectivity index (χ0) is 18.2. The summed E-state index contributed by atoms with van der Waals surface area (Å²) in [5.41, 5.74) is 1.25. The van der Waals surface area contributed by atoms with Crippen LogP contribution >= 0.6 is 11.3 Å². The van der Waals surface area contributed by atoms with Crippen LogP contribution in [0.5, 0.6) is 0 Å². The third-order valence-corrected chi connectivity index (χ3v) is 5.73. The number of sulfone groups is 1. The predicted octanol–water partition coefficient (Wildman–Crippen LogP) is 4.48. The molecule has 0 aliphatic carbocycles. The maximum absolute atomic E-state index is 12.9. The third-order valence-electron chi connectivity index (χ3n) is 3.23. The monoisotopic (exact) mass is 385 g/mol. The fourth-order valence-corrected chi connectivity index (χ4v) is 3.78. The van der Waals surface area contributed by atoms with Crippen LogP contribution < -0.4 is 0 Å². The number of hydrogen-bond acceptors (Lipinski definition) is 4. The standard InChI is InChI=1S/C14H12F5NO2S2/c1-9-20-12(8-23-9)10-2-4-11(5-3-10)24(21,22)7-6-13(15,16)14(17,18)19/h2-5,8H,6-7H2,1H3. The molecular weight excluding hydrogens is 373 g/mol. The van der Waals surface area contributed by atoms with Crippen molar-refractivity contribution >= 4 is 21.2 Å². The Kier molecular flexibility index (Phi) is 5.01. The van der Waals surface area contributed by atoms with E-state index in [0.29, 0.717) is 11.3 Å². The van der Waals surface area contributed by atoms with Gasteiger partial charge < -0.3 is 0 Å². The lowest BCUT2D eigenvalue weighted by atomic mass is 10.2. The van der Waals surface area contributed by atoms with Crippen molar-refractivity contribution in [3.63, 3.8) is 0 Å². The number of aryl methyl sites for hydroxylation is 1. The van der Waals surface area contributed by atoms with Crippen LogP contribution in [0.2, 0.25) is 0 Å². The molecule has 2 rings (SSSR count). The molecule has 3 nitrogen and oxygen atoms in total. The summed E-state index contributed by atoms with van der Waals surface area (Å²) < 4.78 is 85.9. The quantitative estimate of drug-likeness (QED) is 0.713. The molecule has 1 aromatic carbocycles. The first-order valence-electron chi connectivity index (χ1n) is 6.62. The molecule has 1 aromatic heterocycles. The Morgan fingerprint density at radius 1 is 1.08 bits per heavy atom. The van der Waals surface area contributed by atoms with Crippen molar-refractivity contribution in [1.82, 2.24) is 4.98 Å². The molecule has 1 heterocycles. The Balaban J connectivity index is 2.15. The van der Waals surface area contributed by atoms with Crippen molar-refractivity contribution in [2.45, 2.75) is 30.3 Å². The Morgan fingerprint density at radius 3 is 2.12 bits per heavy atom. The minimum atomic E-state index is -5.77. The van der Waals surface area contributed by atoms with Gasteiger partial charge in [0.2, 0.25) is 0 Å². The van der Waals surface area contributed by atoms with Gasteiger partial charge in [0.05, 0.1) is 21.3 Å². The highest BCUT2D eigenvalue weighted by Gasteiger charge is 2.57. The Morgan fingerprint density at radius 2 is 1.67 bits per heavy atom. The zero-order valence-electron chi connectivity index (χ0n) is 12.3. The van der Waals surface area contributed by atoms with Crippen LogP contribution in [0.25, 0.3) is 11.3 Å². The van der Waals surface area contributed by atoms with Gasteiger partial charge in [-0.2, -0.15) is 22.0 Å². The van der Waals surface area contributed by atoms with Gasteiger partial charge >= 0.3 is 12.1 Å². The second-order valence-electron chi connectivity index (χ2n) is 5.05. The molecule has 0 amide bonds. The zero-order valence-corrected chi connectivity index (χ0v) is 13.9. The minimum Gasteiger partial charge on any atom is -0.242 e. The number of halogens is 5. The normalized spacial score (nSPS) is 13.2. The summed E-state index contributed by atoms with van der Waals surface area (Å²) in [5, 5.41) is 2.58. The number of nitrogens with zero attached hydrogens (tertiary/aromatic N) is 1. The van der Waals surface area contributed by atoms with Crippen LogP contribution in [-0.2, 0) is 9.84 Å². The topological polar surface area (TPSA) is 47.0 Å². The van der Waals surface area contributed by atoms with Crippen molar-refractivity contribution in [2.75, 3.05) is 5.75 Å². The van der Waals surface area contributed by atoms with Gasteiger partial charge in [-0.3, -0.25) is 0 Å². The van der Waals surface area contributed by atoms with E-state index < -0.39 is 34.1 Å². The first-order chi connectivity index (χ1) is 10.9. The summed E-state index contributed by atoms with van der Waals surface area (Å²) in [4.78, 5) is 3.90. The van der Waals surface area contributed by atoms with Crippen LogP contribution in [0.15, 0.2) is 34.5 Å². The highest BCUT2D eigenvalue weighted by atomic mass is 32.2. The van der Waals surface area contributed by atoms with E-state index in [2.05, 4.69) is 4.98 Å². The number of benzene rings is 1. The van der Waals surface area contributed by atoms with E-state index in [-0.39, 0.29) is 4.90 Å². The molecule has 0 aliphatic rings. The molecule has 2 aromatic rings. The van der Waals surface area contributed by atoms with Gasteiger partial charge in [-0.15, -0.1) is 11.3 Å². The summed E-state index contributed by atoms with van der Waals surface area (Å²) >= 11 is 1.40. The maximum Gasteiger partial charge on any atom is 0.453 e. The molecule has 0 fully saturated rings. The SMILES string of the molecule is Cc1nc(-c2ccc(S(=O)(=O)CCC(F)(F)C(F)(F)F)cc2)cs1. The smallest absolute Gasteiger partial charge is 0.242 e. The molecule has 0 spiro atoms. The number of thiazole rings is 1. The molecule has 0 radical (unpaired) electrons. The lowest BCUT2D eigenvalue weighted by molar-refractivity contribution is -0.282. The second-order valence-corrected chi connectivity index (χ2v) is 8.22. The van der Waals surface area contributed by atoms with Crippen LogP contribution in [0, 0.1) is 6.92 Å². The maximum atomic E-state index is 12.9. The second kappa shape index (κ2) is 6.40. The molecule has 0 aliphatic heterocycles. The van der Waals surface area contributed by atoms with Gasteiger partial charge in [0.15, 0.2) is 9.84 Å². The van der Waals surface area contributed by atoms with E-state index >= 15 is 0 Å². The average Bonchev–Trinajstić information content (AvgIpc) is 2.91. The number of aromatic nitrogens is 1. The van der Waals surface area contributed by atoms with Crippen LogP contribution in [0.4, 0.5) is 22.0 Å². The van der Waals surface area contributed by atoms with Crippen molar-refractivity contribution in [1.29, 1.82) is 0 Å². The first-order valence-corrected chi connectivity index (χ1v) is 9.15. The van der Waals surface area contributed by atoms with Gasteiger partial charge in [0.25, 0.3) is 0 Å². The van der Waals surface area contributed by atoms with E-state index in [1.54, 1.807) is 12.3 Å². The van der Waals surface area contributed by atoms with Gasteiger partial charge in [0.1, 0.15) is 0 Å². The molecule has 0 saturated carbocycles. The third kappa shape index (κ3) is 4.10. The van der Waals surface area contributed by atoms with Crippen molar-refractivity contribution in [3.8, 4) is 11.3 Å². The highest BCUT2D eigenvalue weighted by molar-refractivity contribution is 7.91. The molecule has 0 N–H and O–H groups in total. The molecule has 10 heteroatoms. The van der Waals surface area contributed by atoms with Crippen LogP contribution in [0.3, 0.4) is 0 Å². The molecule has 0 bridgehead atoms. The Hall–Kier alpha value is -1.55. The van der Waals surface area contributed by atoms with E-state index in [4.69, 9.17) is 0 Å². The van der Waals surface area contributed by atoms with Gasteiger partial charge in [0, 0.05) is 17.4 Å². The predicted molar refractivity (Wildman–Crippen MR) is 80.0 cm³/mol. The Bertz CT molecular complexity index is 810. The van der Waals surface area contributed by atoms with E-state index in [1.807, 2.05) is 0 Å². The molecule has 0 unspecified atom stereocenters. The summed E-state index contributed by atoms with van der Waals surface area (Å²) in [6, 6.07) is 5.21. The molecule has 132 valence electrons. The first kappa shape index (κ1) is 18.8. The molecular formula is C14H12F5NO2S2. The van der Waals surface area contributed by atoms with Gasteiger partial charge in [-0.25, -0.2) is 13.4 Å². The lowest BCUT2D eigenvalue weighted by Crippen LogP contribution is -2.38. The van der Waals surface area contributed by atoms with E-state index in [0.717, 1.165) is 5.01 Å². The minimum absolute atomic E-state index is 0.309. The largest absolute Gasteiger partial charge is 0.453 e. The molecule has 24 heavy (non-hydrogen) atoms. The van der Waals surface area contributed by atoms with Crippen molar-refractivity contribution in [2.24, 2.45) is 0 Å². The van der Waals surface area contributed by atoms with Gasteiger partial charge in [-0.1, -0.05) is 12.1 Å². The summed E-state index contributed by atoms with van der Waals surface area (Å²) in [5.74, 6) is -6.34. The summed E-state index contributed by atoms with van der Waals surface area (Å²) in [6.07, 6.45) is -7.58. The van der Waals surface area contributed by atoms with Crippen molar-refractivity contribution in [3.05, 3.63) is 34.7 Å². The van der Waals surface area contributed by atoms with Crippen LogP contribution in [0.1, 0.15) is 11.4 Å². The number of alkyl halides is 5. The molecule has 0 atom stereocenters. The average molecular weight is 385 g/mol. The highest BCUT2D eigenvalue weighted by Crippen LogP contribution is 2.38. The number of hydrogen-bond donors (Lipinski definition) is 0. The fourth-order valence-electron chi connectivity index (χ4n) is 1.85. The molecule has 0 saturated heterocycles.